The summed E-state index contributed by atoms with van der Waals surface area (Å²) in [6.07, 6.45) is 0. The number of rotatable bonds is 4. The number of nitrogens with one attached hydrogen (secondary N) is 1. The Kier molecular flexibility index (Phi) is 4.33. The Morgan fingerprint density at radius 2 is 2.19 bits per heavy atom. The molecule has 0 fully saturated rings. The van der Waals surface area contributed by atoms with Gasteiger partial charge < -0.3 is 11.1 Å². The van der Waals surface area contributed by atoms with E-state index in [1.165, 1.54) is 0 Å². The Morgan fingerprint density at radius 1 is 1.50 bits per heavy atom. The summed E-state index contributed by atoms with van der Waals surface area (Å²) >= 11 is 5.91. The lowest BCUT2D eigenvalue weighted by atomic mass is 9.84. The van der Waals surface area contributed by atoms with Crippen LogP contribution in [0.5, 0.6) is 0 Å². The molecule has 0 atom stereocenters. The van der Waals surface area contributed by atoms with Gasteiger partial charge in [0.25, 0.3) is 0 Å². The molecule has 0 aliphatic heterocycles. The molecule has 3 N–H and O–H groups in total. The maximum atomic E-state index is 11.9. The second kappa shape index (κ2) is 5.32. The molecule has 0 aliphatic carbocycles. The summed E-state index contributed by atoms with van der Waals surface area (Å²) in [6.45, 7) is 4.66. The second-order valence-corrected chi connectivity index (χ2v) is 4.62. The average Bonchev–Trinajstić information content (AvgIpc) is 2.25. The van der Waals surface area contributed by atoms with Gasteiger partial charge in [-0.3, -0.25) is 4.79 Å². The van der Waals surface area contributed by atoms with Gasteiger partial charge in [0, 0.05) is 18.1 Å². The minimum atomic E-state index is -0.597. The van der Waals surface area contributed by atoms with Crippen LogP contribution in [-0.4, -0.2) is 19.0 Å². The first-order valence-corrected chi connectivity index (χ1v) is 5.60. The van der Waals surface area contributed by atoms with Crippen molar-refractivity contribution in [2.45, 2.75) is 19.3 Å². The zero-order valence-electron chi connectivity index (χ0n) is 9.59. The van der Waals surface area contributed by atoms with Crippen molar-refractivity contribution in [1.29, 1.82) is 0 Å². The van der Waals surface area contributed by atoms with Crippen LogP contribution in [-0.2, 0) is 10.2 Å². The van der Waals surface area contributed by atoms with Crippen LogP contribution in [0, 0.1) is 0 Å². The molecular weight excluding hydrogens is 224 g/mol. The van der Waals surface area contributed by atoms with E-state index in [0.29, 0.717) is 18.1 Å². The van der Waals surface area contributed by atoms with E-state index in [9.17, 15) is 4.79 Å². The predicted molar refractivity (Wildman–Crippen MR) is 66.5 cm³/mol. The monoisotopic (exact) mass is 240 g/mol. The van der Waals surface area contributed by atoms with Gasteiger partial charge in [-0.15, -0.1) is 0 Å². The Balaban J connectivity index is 2.88. The van der Waals surface area contributed by atoms with E-state index in [4.69, 9.17) is 17.3 Å². The van der Waals surface area contributed by atoms with Crippen LogP contribution in [0.2, 0.25) is 5.02 Å². The van der Waals surface area contributed by atoms with Crippen molar-refractivity contribution in [2.24, 2.45) is 5.73 Å². The van der Waals surface area contributed by atoms with Crippen LogP contribution < -0.4 is 11.1 Å². The first-order valence-electron chi connectivity index (χ1n) is 5.23. The molecule has 0 aromatic heterocycles. The number of halogens is 1. The summed E-state index contributed by atoms with van der Waals surface area (Å²) < 4.78 is 0. The number of amides is 1. The lowest BCUT2D eigenvalue weighted by molar-refractivity contribution is -0.125. The summed E-state index contributed by atoms with van der Waals surface area (Å²) in [5, 5.41) is 3.42. The van der Waals surface area contributed by atoms with Crippen LogP contribution in [0.3, 0.4) is 0 Å². The maximum Gasteiger partial charge on any atom is 0.230 e. The number of carbonyl (C=O) groups excluding carboxylic acids is 1. The number of hydrogen-bond acceptors (Lipinski definition) is 2. The molecular formula is C12H17ClN2O. The van der Waals surface area contributed by atoms with E-state index in [1.807, 2.05) is 32.0 Å². The standard InChI is InChI=1S/C12H17ClN2O/c1-12(2,11(16)15-7-6-14)9-4-3-5-10(13)8-9/h3-5,8H,6-7,14H2,1-2H3,(H,15,16). The topological polar surface area (TPSA) is 55.1 Å². The minimum absolute atomic E-state index is 0.0415. The molecule has 0 bridgehead atoms. The molecule has 0 spiro atoms. The van der Waals surface area contributed by atoms with Gasteiger partial charge >= 0.3 is 0 Å². The molecule has 3 nitrogen and oxygen atoms in total. The highest BCUT2D eigenvalue weighted by Crippen LogP contribution is 2.25. The molecule has 88 valence electrons. The van der Waals surface area contributed by atoms with Gasteiger partial charge in [-0.1, -0.05) is 23.7 Å². The van der Waals surface area contributed by atoms with Crippen molar-refractivity contribution in [3.05, 3.63) is 34.9 Å². The molecule has 1 rings (SSSR count). The lowest BCUT2D eigenvalue weighted by Crippen LogP contribution is -2.42. The zero-order valence-corrected chi connectivity index (χ0v) is 10.3. The minimum Gasteiger partial charge on any atom is -0.354 e. The van der Waals surface area contributed by atoms with E-state index in [1.54, 1.807) is 6.07 Å². The van der Waals surface area contributed by atoms with Gasteiger partial charge in [-0.05, 0) is 31.5 Å². The maximum absolute atomic E-state index is 11.9. The molecule has 0 radical (unpaired) electrons. The van der Waals surface area contributed by atoms with Crippen molar-refractivity contribution in [3.8, 4) is 0 Å². The van der Waals surface area contributed by atoms with Gasteiger partial charge in [-0.2, -0.15) is 0 Å². The molecule has 1 aromatic carbocycles. The van der Waals surface area contributed by atoms with E-state index in [2.05, 4.69) is 5.32 Å². The fourth-order valence-electron chi connectivity index (χ4n) is 1.42. The summed E-state index contributed by atoms with van der Waals surface area (Å²) in [7, 11) is 0. The van der Waals surface area contributed by atoms with Crippen LogP contribution in [0.1, 0.15) is 19.4 Å². The van der Waals surface area contributed by atoms with Crippen molar-refractivity contribution < 1.29 is 4.79 Å². The first-order chi connectivity index (χ1) is 7.48. The third kappa shape index (κ3) is 2.97. The fraction of sp³-hybridized carbons (Fsp3) is 0.417. The highest BCUT2D eigenvalue weighted by Gasteiger charge is 2.29. The molecule has 0 saturated heterocycles. The van der Waals surface area contributed by atoms with Crippen molar-refractivity contribution in [1.82, 2.24) is 5.32 Å². The van der Waals surface area contributed by atoms with Crippen molar-refractivity contribution in [3.63, 3.8) is 0 Å². The summed E-state index contributed by atoms with van der Waals surface area (Å²) in [4.78, 5) is 11.9. The normalized spacial score (nSPS) is 11.2. The van der Waals surface area contributed by atoms with Gasteiger partial charge in [0.15, 0.2) is 0 Å². The first kappa shape index (κ1) is 13.0. The molecule has 1 aromatic rings. The van der Waals surface area contributed by atoms with E-state index < -0.39 is 5.41 Å². The van der Waals surface area contributed by atoms with Gasteiger partial charge in [-0.25, -0.2) is 0 Å². The molecule has 1 amide bonds. The van der Waals surface area contributed by atoms with Crippen LogP contribution in [0.25, 0.3) is 0 Å². The Hall–Kier alpha value is -1.06. The summed E-state index contributed by atoms with van der Waals surface area (Å²) in [5.41, 5.74) is 5.65. The Labute approximate surface area is 101 Å². The van der Waals surface area contributed by atoms with Crippen LogP contribution >= 0.6 is 11.6 Å². The molecule has 0 saturated carbocycles. The van der Waals surface area contributed by atoms with Crippen LogP contribution in [0.15, 0.2) is 24.3 Å². The lowest BCUT2D eigenvalue weighted by Gasteiger charge is -2.24. The third-order valence-electron chi connectivity index (χ3n) is 2.54. The number of benzene rings is 1. The highest BCUT2D eigenvalue weighted by molar-refractivity contribution is 6.30. The fourth-order valence-corrected chi connectivity index (χ4v) is 1.61. The Bertz CT molecular complexity index is 377. The summed E-state index contributed by atoms with van der Waals surface area (Å²) in [5.74, 6) is -0.0415. The molecule has 0 aliphatic rings. The van der Waals surface area contributed by atoms with E-state index in [0.717, 1.165) is 5.56 Å². The van der Waals surface area contributed by atoms with Gasteiger partial charge in [0.05, 0.1) is 5.41 Å². The van der Waals surface area contributed by atoms with Crippen molar-refractivity contribution >= 4 is 17.5 Å². The largest absolute Gasteiger partial charge is 0.354 e. The number of hydrogen-bond donors (Lipinski definition) is 2. The van der Waals surface area contributed by atoms with E-state index in [-0.39, 0.29) is 5.91 Å². The second-order valence-electron chi connectivity index (χ2n) is 4.18. The smallest absolute Gasteiger partial charge is 0.230 e. The molecule has 4 heteroatoms. The van der Waals surface area contributed by atoms with Crippen LogP contribution in [0.4, 0.5) is 0 Å². The van der Waals surface area contributed by atoms with Crippen molar-refractivity contribution in [2.75, 3.05) is 13.1 Å². The van der Waals surface area contributed by atoms with Gasteiger partial charge in [0.1, 0.15) is 0 Å². The van der Waals surface area contributed by atoms with E-state index >= 15 is 0 Å². The molecule has 16 heavy (non-hydrogen) atoms. The number of carbonyl (C=O) groups is 1. The Morgan fingerprint density at radius 3 is 2.75 bits per heavy atom. The summed E-state index contributed by atoms with van der Waals surface area (Å²) in [6, 6.07) is 7.34. The zero-order chi connectivity index (χ0) is 12.2. The predicted octanol–water partition coefficient (Wildman–Crippen LogP) is 1.69. The average molecular weight is 241 g/mol. The van der Waals surface area contributed by atoms with Gasteiger partial charge in [0.2, 0.25) is 5.91 Å². The third-order valence-corrected chi connectivity index (χ3v) is 2.78. The number of nitrogens with two attached hydrogens (primary N) is 1. The SMILES string of the molecule is CC(C)(C(=O)NCCN)c1cccc(Cl)c1. The quantitative estimate of drug-likeness (QED) is 0.842. The molecule has 0 unspecified atom stereocenters. The highest BCUT2D eigenvalue weighted by atomic mass is 35.5. The molecule has 0 heterocycles.